The number of esters is 1. The number of carbonyl (C=O) groups is 1. The van der Waals surface area contributed by atoms with Gasteiger partial charge in [0.1, 0.15) is 5.76 Å². The average Bonchev–Trinajstić information content (AvgIpc) is 2.48. The molecule has 0 bridgehead atoms. The Balaban J connectivity index is 2.61. The summed E-state index contributed by atoms with van der Waals surface area (Å²) in [4.78, 5) is 11.3. The van der Waals surface area contributed by atoms with Crippen LogP contribution >= 0.6 is 0 Å². The summed E-state index contributed by atoms with van der Waals surface area (Å²) in [5.74, 6) is 0.148. The van der Waals surface area contributed by atoms with Gasteiger partial charge in [-0.2, -0.15) is 0 Å². The van der Waals surface area contributed by atoms with E-state index in [1.807, 2.05) is 13.8 Å². The van der Waals surface area contributed by atoms with Crippen LogP contribution in [0.25, 0.3) is 0 Å². The van der Waals surface area contributed by atoms with Crippen LogP contribution in [0.2, 0.25) is 0 Å². The molecule has 0 fully saturated rings. The minimum atomic E-state index is -0.162. The first-order valence-electron chi connectivity index (χ1n) is 6.12. The van der Waals surface area contributed by atoms with E-state index < -0.39 is 0 Å². The zero-order chi connectivity index (χ0) is 12.7. The highest BCUT2D eigenvalue weighted by molar-refractivity contribution is 5.69. The molecule has 0 heterocycles. The third-order valence-corrected chi connectivity index (χ3v) is 2.71. The van der Waals surface area contributed by atoms with Crippen molar-refractivity contribution in [3.63, 3.8) is 0 Å². The van der Waals surface area contributed by atoms with E-state index in [0.717, 1.165) is 17.6 Å². The van der Waals surface area contributed by atoms with Crippen molar-refractivity contribution >= 4 is 5.97 Å². The highest BCUT2D eigenvalue weighted by Gasteiger charge is 2.10. The fourth-order valence-electron chi connectivity index (χ4n) is 1.84. The second kappa shape index (κ2) is 6.94. The molecule has 0 atom stereocenters. The van der Waals surface area contributed by atoms with Crippen LogP contribution in [0.3, 0.4) is 0 Å². The van der Waals surface area contributed by atoms with Crippen molar-refractivity contribution in [2.24, 2.45) is 0 Å². The predicted molar refractivity (Wildman–Crippen MR) is 67.7 cm³/mol. The first-order valence-corrected chi connectivity index (χ1v) is 6.12. The molecule has 1 rings (SSSR count). The molecule has 0 aromatic rings. The van der Waals surface area contributed by atoms with Gasteiger partial charge in [-0.3, -0.25) is 4.79 Å². The van der Waals surface area contributed by atoms with Crippen molar-refractivity contribution in [1.29, 1.82) is 0 Å². The summed E-state index contributed by atoms with van der Waals surface area (Å²) in [7, 11) is 0. The largest absolute Gasteiger partial charge is 0.508 e. The van der Waals surface area contributed by atoms with Gasteiger partial charge in [-0.05, 0) is 49.5 Å². The summed E-state index contributed by atoms with van der Waals surface area (Å²) in [6.45, 7) is 4.28. The number of allylic oxidation sites excluding steroid dienone is 5. The SMILES string of the molecule is CCOC(=O)CCC1=CCC=C(O)C=C1CC. The minimum Gasteiger partial charge on any atom is -0.508 e. The van der Waals surface area contributed by atoms with Crippen LogP contribution in [0.5, 0.6) is 0 Å². The summed E-state index contributed by atoms with van der Waals surface area (Å²) in [5, 5.41) is 9.53. The molecule has 0 saturated carbocycles. The second-order valence-corrected chi connectivity index (χ2v) is 3.92. The molecule has 0 aromatic carbocycles. The molecule has 0 amide bonds. The number of carbonyl (C=O) groups excluding carboxylic acids is 1. The molecule has 1 aliphatic carbocycles. The van der Waals surface area contributed by atoms with E-state index in [9.17, 15) is 9.90 Å². The molecule has 0 aliphatic heterocycles. The maximum Gasteiger partial charge on any atom is 0.306 e. The minimum absolute atomic E-state index is 0.162. The quantitative estimate of drug-likeness (QED) is 0.744. The topological polar surface area (TPSA) is 46.5 Å². The van der Waals surface area contributed by atoms with Gasteiger partial charge in [-0.1, -0.05) is 13.0 Å². The Hall–Kier alpha value is -1.51. The summed E-state index contributed by atoms with van der Waals surface area (Å²) in [6, 6.07) is 0. The lowest BCUT2D eigenvalue weighted by Crippen LogP contribution is -2.04. The fourth-order valence-corrected chi connectivity index (χ4v) is 1.84. The molecule has 94 valence electrons. The number of hydrogen-bond donors (Lipinski definition) is 1. The monoisotopic (exact) mass is 236 g/mol. The Morgan fingerprint density at radius 2 is 2.12 bits per heavy atom. The molecule has 0 aromatic heterocycles. The fraction of sp³-hybridized carbons (Fsp3) is 0.500. The molecule has 1 N–H and O–H groups in total. The third kappa shape index (κ3) is 4.47. The van der Waals surface area contributed by atoms with E-state index in [1.54, 1.807) is 12.2 Å². The zero-order valence-corrected chi connectivity index (χ0v) is 10.5. The molecular weight excluding hydrogens is 216 g/mol. The number of hydrogen-bond acceptors (Lipinski definition) is 3. The predicted octanol–water partition coefficient (Wildman–Crippen LogP) is 3.44. The molecule has 3 heteroatoms. The standard InChI is InChI=1S/C14H20O3/c1-3-11-10-13(15)7-5-6-12(11)8-9-14(16)17-4-2/h6-7,10,15H,3-5,8-9H2,1-2H3. The van der Waals surface area contributed by atoms with Crippen LogP contribution in [0.15, 0.2) is 35.1 Å². The van der Waals surface area contributed by atoms with Gasteiger partial charge in [0.2, 0.25) is 0 Å². The summed E-state index contributed by atoms with van der Waals surface area (Å²) >= 11 is 0. The van der Waals surface area contributed by atoms with Crippen molar-refractivity contribution in [1.82, 2.24) is 0 Å². The van der Waals surface area contributed by atoms with E-state index in [2.05, 4.69) is 6.08 Å². The maximum absolute atomic E-state index is 11.3. The van der Waals surface area contributed by atoms with Crippen molar-refractivity contribution in [3.8, 4) is 0 Å². The van der Waals surface area contributed by atoms with Crippen molar-refractivity contribution in [2.75, 3.05) is 6.61 Å². The molecule has 3 nitrogen and oxygen atoms in total. The van der Waals surface area contributed by atoms with Gasteiger partial charge in [0.05, 0.1) is 6.61 Å². The molecule has 17 heavy (non-hydrogen) atoms. The van der Waals surface area contributed by atoms with Gasteiger partial charge < -0.3 is 9.84 Å². The van der Waals surface area contributed by atoms with Crippen LogP contribution < -0.4 is 0 Å². The first kappa shape index (κ1) is 13.6. The second-order valence-electron chi connectivity index (χ2n) is 3.92. The third-order valence-electron chi connectivity index (χ3n) is 2.71. The maximum atomic E-state index is 11.3. The Morgan fingerprint density at radius 3 is 2.76 bits per heavy atom. The van der Waals surface area contributed by atoms with E-state index in [-0.39, 0.29) is 5.97 Å². The van der Waals surface area contributed by atoms with E-state index >= 15 is 0 Å². The van der Waals surface area contributed by atoms with Crippen molar-refractivity contribution in [2.45, 2.75) is 39.5 Å². The smallest absolute Gasteiger partial charge is 0.306 e. The van der Waals surface area contributed by atoms with E-state index in [1.165, 1.54) is 0 Å². The molecule has 0 spiro atoms. The van der Waals surface area contributed by atoms with Crippen LogP contribution in [-0.4, -0.2) is 17.7 Å². The lowest BCUT2D eigenvalue weighted by Gasteiger charge is -2.09. The van der Waals surface area contributed by atoms with Crippen molar-refractivity contribution in [3.05, 3.63) is 35.1 Å². The number of aliphatic hydroxyl groups is 1. The Bertz CT molecular complexity index is 362. The van der Waals surface area contributed by atoms with Crippen LogP contribution in [0.1, 0.15) is 39.5 Å². The van der Waals surface area contributed by atoms with Crippen molar-refractivity contribution < 1.29 is 14.6 Å². The summed E-state index contributed by atoms with van der Waals surface area (Å²) in [5.41, 5.74) is 2.24. The first-order chi connectivity index (χ1) is 8.17. The molecule has 1 aliphatic rings. The summed E-state index contributed by atoms with van der Waals surface area (Å²) in [6.07, 6.45) is 8.27. The number of ether oxygens (including phenoxy) is 1. The van der Waals surface area contributed by atoms with Gasteiger partial charge in [0.15, 0.2) is 0 Å². The molecular formula is C14H20O3. The van der Waals surface area contributed by atoms with Crippen LogP contribution in [0, 0.1) is 0 Å². The lowest BCUT2D eigenvalue weighted by molar-refractivity contribution is -0.143. The van der Waals surface area contributed by atoms with E-state index in [0.29, 0.717) is 31.6 Å². The zero-order valence-electron chi connectivity index (χ0n) is 10.5. The average molecular weight is 236 g/mol. The Labute approximate surface area is 102 Å². The van der Waals surface area contributed by atoms with Crippen LogP contribution in [0.4, 0.5) is 0 Å². The highest BCUT2D eigenvalue weighted by Crippen LogP contribution is 2.24. The number of aliphatic hydroxyl groups excluding tert-OH is 1. The van der Waals surface area contributed by atoms with Crippen LogP contribution in [-0.2, 0) is 9.53 Å². The summed E-state index contributed by atoms with van der Waals surface area (Å²) < 4.78 is 4.91. The van der Waals surface area contributed by atoms with E-state index in [4.69, 9.17) is 4.74 Å². The lowest BCUT2D eigenvalue weighted by atomic mass is 9.98. The molecule has 0 radical (unpaired) electrons. The van der Waals surface area contributed by atoms with Gasteiger partial charge >= 0.3 is 5.97 Å². The van der Waals surface area contributed by atoms with Gasteiger partial charge in [0.25, 0.3) is 0 Å². The number of rotatable bonds is 5. The molecule has 0 unspecified atom stereocenters. The van der Waals surface area contributed by atoms with Gasteiger partial charge in [-0.25, -0.2) is 0 Å². The van der Waals surface area contributed by atoms with Gasteiger partial charge in [-0.15, -0.1) is 0 Å². The normalized spacial score (nSPS) is 15.5. The Morgan fingerprint density at radius 1 is 1.35 bits per heavy atom. The highest BCUT2D eigenvalue weighted by atomic mass is 16.5. The molecule has 0 saturated heterocycles. The van der Waals surface area contributed by atoms with Gasteiger partial charge in [0, 0.05) is 6.42 Å². The Kier molecular flexibility index (Phi) is 5.53.